The lowest BCUT2D eigenvalue weighted by atomic mass is 10.0. The van der Waals surface area contributed by atoms with Crippen LogP contribution in [0.5, 0.6) is 5.75 Å². The number of carbonyl (C=O) groups is 2. The molecule has 124 valence electrons. The van der Waals surface area contributed by atoms with Gasteiger partial charge in [-0.25, -0.2) is 4.79 Å². The van der Waals surface area contributed by atoms with Crippen LogP contribution in [0.4, 0.5) is 0 Å². The first kappa shape index (κ1) is 16.9. The lowest BCUT2D eigenvalue weighted by Crippen LogP contribution is -2.45. The van der Waals surface area contributed by atoms with Crippen LogP contribution in [-0.4, -0.2) is 32.1 Å². The number of methoxy groups -OCH3 is 2. The highest BCUT2D eigenvalue weighted by Gasteiger charge is 2.25. The van der Waals surface area contributed by atoms with E-state index in [-0.39, 0.29) is 18.2 Å². The quantitative estimate of drug-likeness (QED) is 0.827. The molecular formula is C17H21NO5. The van der Waals surface area contributed by atoms with Crippen LogP contribution in [-0.2, 0) is 20.7 Å². The summed E-state index contributed by atoms with van der Waals surface area (Å²) >= 11 is 0. The van der Waals surface area contributed by atoms with Gasteiger partial charge in [0.25, 0.3) is 0 Å². The normalized spacial score (nSPS) is 12.2. The van der Waals surface area contributed by atoms with E-state index in [4.69, 9.17) is 13.9 Å². The van der Waals surface area contributed by atoms with E-state index in [1.807, 2.05) is 26.0 Å². The largest absolute Gasteiger partial charge is 0.497 e. The standard InChI is InChI=1S/C17H21NO5/c1-10(2)16(17(20)22-4)18-15(19)7-11-9-23-14-8-12(21-3)5-6-13(11)14/h5-6,8-10,16H,7H2,1-4H3,(H,18,19)/t16-/m1/s1. The fourth-order valence-electron chi connectivity index (χ4n) is 2.35. The van der Waals surface area contributed by atoms with Crippen molar-refractivity contribution in [1.29, 1.82) is 0 Å². The van der Waals surface area contributed by atoms with Crippen molar-refractivity contribution < 1.29 is 23.5 Å². The molecule has 23 heavy (non-hydrogen) atoms. The Bertz CT molecular complexity index is 704. The second-order valence-corrected chi connectivity index (χ2v) is 5.61. The fourth-order valence-corrected chi connectivity index (χ4v) is 2.35. The van der Waals surface area contributed by atoms with Gasteiger partial charge in [0.05, 0.1) is 26.9 Å². The first-order chi connectivity index (χ1) is 11.0. The van der Waals surface area contributed by atoms with Crippen LogP contribution in [0.1, 0.15) is 19.4 Å². The molecule has 0 bridgehead atoms. The van der Waals surface area contributed by atoms with E-state index in [1.54, 1.807) is 19.4 Å². The van der Waals surface area contributed by atoms with Gasteiger partial charge in [0.15, 0.2) is 0 Å². The maximum atomic E-state index is 12.2. The molecule has 2 rings (SSSR count). The average molecular weight is 319 g/mol. The summed E-state index contributed by atoms with van der Waals surface area (Å²) in [5, 5.41) is 3.56. The molecule has 0 aliphatic rings. The van der Waals surface area contributed by atoms with Crippen LogP contribution in [0.25, 0.3) is 11.0 Å². The number of furan rings is 1. The monoisotopic (exact) mass is 319 g/mol. The maximum Gasteiger partial charge on any atom is 0.328 e. The zero-order valence-electron chi connectivity index (χ0n) is 13.7. The van der Waals surface area contributed by atoms with Crippen molar-refractivity contribution >= 4 is 22.8 Å². The fraction of sp³-hybridized carbons (Fsp3) is 0.412. The topological polar surface area (TPSA) is 77.8 Å². The second-order valence-electron chi connectivity index (χ2n) is 5.61. The van der Waals surface area contributed by atoms with Crippen molar-refractivity contribution in [1.82, 2.24) is 5.32 Å². The van der Waals surface area contributed by atoms with Crippen molar-refractivity contribution in [3.05, 3.63) is 30.0 Å². The van der Waals surface area contributed by atoms with Crippen LogP contribution in [0.2, 0.25) is 0 Å². The van der Waals surface area contributed by atoms with Crippen LogP contribution in [0, 0.1) is 5.92 Å². The van der Waals surface area contributed by atoms with E-state index in [0.29, 0.717) is 11.3 Å². The Morgan fingerprint density at radius 3 is 2.61 bits per heavy atom. The molecule has 6 heteroatoms. The highest BCUT2D eigenvalue weighted by atomic mass is 16.5. The van der Waals surface area contributed by atoms with E-state index < -0.39 is 12.0 Å². The number of hydrogen-bond donors (Lipinski definition) is 1. The van der Waals surface area contributed by atoms with Crippen molar-refractivity contribution in [3.63, 3.8) is 0 Å². The number of amides is 1. The molecule has 0 saturated heterocycles. The van der Waals surface area contributed by atoms with Gasteiger partial charge >= 0.3 is 5.97 Å². The van der Waals surface area contributed by atoms with E-state index in [9.17, 15) is 9.59 Å². The number of ether oxygens (including phenoxy) is 2. The lowest BCUT2D eigenvalue weighted by molar-refractivity contribution is -0.146. The van der Waals surface area contributed by atoms with Crippen molar-refractivity contribution in [2.75, 3.05) is 14.2 Å². The van der Waals surface area contributed by atoms with Gasteiger partial charge in [-0.1, -0.05) is 13.8 Å². The number of rotatable bonds is 6. The van der Waals surface area contributed by atoms with Gasteiger partial charge < -0.3 is 19.2 Å². The first-order valence-electron chi connectivity index (χ1n) is 7.37. The van der Waals surface area contributed by atoms with E-state index in [1.165, 1.54) is 7.11 Å². The summed E-state index contributed by atoms with van der Waals surface area (Å²) in [5.74, 6) is -0.0760. The molecule has 1 amide bonds. The molecule has 0 saturated carbocycles. The molecule has 0 aliphatic heterocycles. The number of carbonyl (C=O) groups excluding carboxylic acids is 2. The molecule has 1 aromatic carbocycles. The van der Waals surface area contributed by atoms with Gasteiger partial charge in [-0.05, 0) is 18.1 Å². The van der Waals surface area contributed by atoms with Gasteiger partial charge in [0.2, 0.25) is 5.91 Å². The third-order valence-corrected chi connectivity index (χ3v) is 3.65. The highest BCUT2D eigenvalue weighted by Crippen LogP contribution is 2.25. The predicted octanol–water partition coefficient (Wildman–Crippen LogP) is 2.30. The maximum absolute atomic E-state index is 12.2. The van der Waals surface area contributed by atoms with Gasteiger partial charge in [-0.3, -0.25) is 4.79 Å². The summed E-state index contributed by atoms with van der Waals surface area (Å²) in [6, 6.07) is 4.76. The molecule has 1 N–H and O–H groups in total. The smallest absolute Gasteiger partial charge is 0.328 e. The minimum Gasteiger partial charge on any atom is -0.497 e. The Kier molecular flexibility index (Phi) is 5.26. The Morgan fingerprint density at radius 1 is 1.26 bits per heavy atom. The van der Waals surface area contributed by atoms with Crippen molar-refractivity contribution in [2.24, 2.45) is 5.92 Å². The first-order valence-corrected chi connectivity index (χ1v) is 7.37. The van der Waals surface area contributed by atoms with Gasteiger partial charge in [-0.15, -0.1) is 0 Å². The molecule has 1 heterocycles. The van der Waals surface area contributed by atoms with E-state index in [0.717, 1.165) is 10.9 Å². The predicted molar refractivity (Wildman–Crippen MR) is 85.3 cm³/mol. The van der Waals surface area contributed by atoms with Crippen LogP contribution in [0.3, 0.4) is 0 Å². The Labute approximate surface area is 134 Å². The van der Waals surface area contributed by atoms with Crippen molar-refractivity contribution in [2.45, 2.75) is 26.3 Å². The molecule has 0 aliphatic carbocycles. The van der Waals surface area contributed by atoms with Crippen LogP contribution < -0.4 is 10.1 Å². The third-order valence-electron chi connectivity index (χ3n) is 3.65. The summed E-state index contributed by atoms with van der Waals surface area (Å²) in [6.07, 6.45) is 1.67. The Balaban J connectivity index is 2.12. The molecule has 0 fully saturated rings. The number of fused-ring (bicyclic) bond motifs is 1. The lowest BCUT2D eigenvalue weighted by Gasteiger charge is -2.19. The molecule has 0 spiro atoms. The number of benzene rings is 1. The molecule has 2 aromatic rings. The molecule has 0 unspecified atom stereocenters. The summed E-state index contributed by atoms with van der Waals surface area (Å²) in [7, 11) is 2.89. The Morgan fingerprint density at radius 2 is 2.00 bits per heavy atom. The molecule has 1 aromatic heterocycles. The average Bonchev–Trinajstić information content (AvgIpc) is 2.93. The SMILES string of the molecule is COC(=O)[C@H](NC(=O)Cc1coc2cc(OC)ccc12)C(C)C. The van der Waals surface area contributed by atoms with Crippen LogP contribution in [0.15, 0.2) is 28.9 Å². The summed E-state index contributed by atoms with van der Waals surface area (Å²) in [6.45, 7) is 3.70. The molecule has 0 radical (unpaired) electrons. The number of nitrogens with one attached hydrogen (secondary N) is 1. The van der Waals surface area contributed by atoms with E-state index >= 15 is 0 Å². The summed E-state index contributed by atoms with van der Waals surface area (Å²) < 4.78 is 15.3. The molecule has 1 atom stereocenters. The second kappa shape index (κ2) is 7.17. The summed E-state index contributed by atoms with van der Waals surface area (Å²) in [5.41, 5.74) is 1.41. The summed E-state index contributed by atoms with van der Waals surface area (Å²) in [4.78, 5) is 23.9. The van der Waals surface area contributed by atoms with Gasteiger partial charge in [0.1, 0.15) is 17.4 Å². The van der Waals surface area contributed by atoms with Gasteiger partial charge in [-0.2, -0.15) is 0 Å². The van der Waals surface area contributed by atoms with Gasteiger partial charge in [0, 0.05) is 17.0 Å². The number of hydrogen-bond acceptors (Lipinski definition) is 5. The Hall–Kier alpha value is -2.50. The van der Waals surface area contributed by atoms with E-state index in [2.05, 4.69) is 5.32 Å². The molecule has 6 nitrogen and oxygen atoms in total. The minimum absolute atomic E-state index is 0.0586. The highest BCUT2D eigenvalue weighted by molar-refractivity contribution is 5.90. The number of esters is 1. The van der Waals surface area contributed by atoms with Crippen LogP contribution >= 0.6 is 0 Å². The molecular weight excluding hydrogens is 298 g/mol. The zero-order valence-corrected chi connectivity index (χ0v) is 13.7. The third kappa shape index (κ3) is 3.83. The minimum atomic E-state index is -0.661. The van der Waals surface area contributed by atoms with Crippen molar-refractivity contribution in [3.8, 4) is 5.75 Å². The zero-order chi connectivity index (χ0) is 17.0.